The highest BCUT2D eigenvalue weighted by Gasteiger charge is 2.23. The number of thiazole rings is 1. The normalized spacial score (nSPS) is 23.5. The number of nitrogens with zero attached hydrogens (tertiary/aromatic N) is 1. The number of ether oxygens (including phenoxy) is 1. The Bertz CT molecular complexity index is 431. The minimum atomic E-state index is -0.252. The molecular formula is C13H19N3O2S. The van der Waals surface area contributed by atoms with Crippen molar-refractivity contribution >= 4 is 22.4 Å². The SMILES string of the molecule is O=C(Nc1nc2c(s1)CCCCC2)C1COCCN1. The average molecular weight is 281 g/mol. The number of aryl methyl sites for hydroxylation is 2. The molecule has 2 heterocycles. The van der Waals surface area contributed by atoms with E-state index in [1.54, 1.807) is 11.3 Å². The summed E-state index contributed by atoms with van der Waals surface area (Å²) in [6.07, 6.45) is 5.89. The smallest absolute Gasteiger partial charge is 0.245 e. The molecule has 0 aromatic carbocycles. The summed E-state index contributed by atoms with van der Waals surface area (Å²) < 4.78 is 5.30. The zero-order valence-electron chi connectivity index (χ0n) is 10.9. The third-order valence-electron chi connectivity index (χ3n) is 3.56. The van der Waals surface area contributed by atoms with E-state index in [0.717, 1.165) is 24.5 Å². The van der Waals surface area contributed by atoms with Crippen LogP contribution >= 0.6 is 11.3 Å². The maximum absolute atomic E-state index is 12.1. The lowest BCUT2D eigenvalue weighted by molar-refractivity contribution is -0.120. The molecule has 1 aliphatic heterocycles. The van der Waals surface area contributed by atoms with Crippen molar-refractivity contribution in [1.29, 1.82) is 0 Å². The van der Waals surface area contributed by atoms with Gasteiger partial charge in [-0.3, -0.25) is 4.79 Å². The summed E-state index contributed by atoms with van der Waals surface area (Å²) in [5.74, 6) is -0.0383. The Morgan fingerprint density at radius 3 is 3.11 bits per heavy atom. The summed E-state index contributed by atoms with van der Waals surface area (Å²) in [5, 5.41) is 6.81. The van der Waals surface area contributed by atoms with E-state index in [4.69, 9.17) is 4.74 Å². The van der Waals surface area contributed by atoms with Crippen LogP contribution in [-0.4, -0.2) is 36.7 Å². The molecule has 1 aromatic heterocycles. The fourth-order valence-electron chi connectivity index (χ4n) is 2.51. The molecule has 3 rings (SSSR count). The lowest BCUT2D eigenvalue weighted by atomic mass is 10.2. The second kappa shape index (κ2) is 5.98. The summed E-state index contributed by atoms with van der Waals surface area (Å²) in [5.41, 5.74) is 1.19. The number of carbonyl (C=O) groups excluding carboxylic acids is 1. The van der Waals surface area contributed by atoms with Crippen LogP contribution in [0.4, 0.5) is 5.13 Å². The molecule has 0 spiro atoms. The van der Waals surface area contributed by atoms with Crippen molar-refractivity contribution in [3.8, 4) is 0 Å². The molecule has 2 N–H and O–H groups in total. The van der Waals surface area contributed by atoms with Gasteiger partial charge in [-0.15, -0.1) is 11.3 Å². The summed E-state index contributed by atoms with van der Waals surface area (Å²) in [6, 6.07) is -0.252. The van der Waals surface area contributed by atoms with E-state index < -0.39 is 0 Å². The maximum atomic E-state index is 12.1. The van der Waals surface area contributed by atoms with E-state index >= 15 is 0 Å². The van der Waals surface area contributed by atoms with Crippen LogP contribution in [0.3, 0.4) is 0 Å². The van der Waals surface area contributed by atoms with Crippen LogP contribution in [0.25, 0.3) is 0 Å². The molecule has 6 heteroatoms. The lowest BCUT2D eigenvalue weighted by Crippen LogP contribution is -2.48. The number of fused-ring (bicyclic) bond motifs is 1. The second-order valence-corrected chi connectivity index (χ2v) is 6.10. The fraction of sp³-hybridized carbons (Fsp3) is 0.692. The summed E-state index contributed by atoms with van der Waals surface area (Å²) >= 11 is 1.63. The number of aromatic nitrogens is 1. The van der Waals surface area contributed by atoms with Gasteiger partial charge in [0, 0.05) is 11.4 Å². The molecule has 5 nitrogen and oxygen atoms in total. The first-order valence-electron chi connectivity index (χ1n) is 6.93. The van der Waals surface area contributed by atoms with E-state index in [1.807, 2.05) is 0 Å². The van der Waals surface area contributed by atoms with Gasteiger partial charge in [0.05, 0.1) is 18.9 Å². The van der Waals surface area contributed by atoms with Gasteiger partial charge in [-0.1, -0.05) is 6.42 Å². The van der Waals surface area contributed by atoms with Gasteiger partial charge >= 0.3 is 0 Å². The van der Waals surface area contributed by atoms with Crippen LogP contribution in [0, 0.1) is 0 Å². The number of morpholine rings is 1. The van der Waals surface area contributed by atoms with Gasteiger partial charge in [0.1, 0.15) is 6.04 Å². The Morgan fingerprint density at radius 1 is 1.37 bits per heavy atom. The second-order valence-electron chi connectivity index (χ2n) is 5.02. The third kappa shape index (κ3) is 3.13. The molecule has 2 aliphatic rings. The molecule has 1 atom stereocenters. The molecule has 1 saturated heterocycles. The highest BCUT2D eigenvalue weighted by molar-refractivity contribution is 7.15. The number of amides is 1. The number of rotatable bonds is 2. The van der Waals surface area contributed by atoms with Crippen molar-refractivity contribution in [2.45, 2.75) is 38.1 Å². The standard InChI is InChI=1S/C13H19N3O2S/c17-12(10-8-18-7-6-14-10)16-13-15-9-4-2-1-3-5-11(9)19-13/h10,14H,1-8H2,(H,15,16,17). The van der Waals surface area contributed by atoms with E-state index in [-0.39, 0.29) is 11.9 Å². The van der Waals surface area contributed by atoms with E-state index in [2.05, 4.69) is 15.6 Å². The first kappa shape index (κ1) is 13.0. The van der Waals surface area contributed by atoms with Crippen LogP contribution < -0.4 is 10.6 Å². The summed E-state index contributed by atoms with van der Waals surface area (Å²) in [6.45, 7) is 1.85. The Kier molecular flexibility index (Phi) is 4.10. The summed E-state index contributed by atoms with van der Waals surface area (Å²) in [4.78, 5) is 18.0. The Morgan fingerprint density at radius 2 is 2.26 bits per heavy atom. The largest absolute Gasteiger partial charge is 0.378 e. The highest BCUT2D eigenvalue weighted by Crippen LogP contribution is 2.28. The average Bonchev–Trinajstić information content (AvgIpc) is 2.69. The quantitative estimate of drug-likeness (QED) is 0.803. The Balaban J connectivity index is 1.64. The molecule has 1 unspecified atom stereocenters. The molecule has 19 heavy (non-hydrogen) atoms. The van der Waals surface area contributed by atoms with Crippen molar-refractivity contribution in [3.05, 3.63) is 10.6 Å². The number of hydrogen-bond acceptors (Lipinski definition) is 5. The van der Waals surface area contributed by atoms with Gasteiger partial charge < -0.3 is 15.4 Å². The molecule has 1 fully saturated rings. The van der Waals surface area contributed by atoms with Crippen LogP contribution in [0.1, 0.15) is 29.8 Å². The predicted octanol–water partition coefficient (Wildman–Crippen LogP) is 1.34. The van der Waals surface area contributed by atoms with Gasteiger partial charge in [-0.2, -0.15) is 0 Å². The van der Waals surface area contributed by atoms with Crippen molar-refractivity contribution in [3.63, 3.8) is 0 Å². The van der Waals surface area contributed by atoms with Crippen molar-refractivity contribution < 1.29 is 9.53 Å². The maximum Gasteiger partial charge on any atom is 0.245 e. The molecule has 1 aliphatic carbocycles. The van der Waals surface area contributed by atoms with Gasteiger partial charge in [-0.05, 0) is 25.7 Å². The van der Waals surface area contributed by atoms with Gasteiger partial charge in [0.15, 0.2) is 5.13 Å². The van der Waals surface area contributed by atoms with Crippen LogP contribution in [0.15, 0.2) is 0 Å². The number of carbonyl (C=O) groups is 1. The topological polar surface area (TPSA) is 63.2 Å². The van der Waals surface area contributed by atoms with E-state index in [1.165, 1.54) is 29.8 Å². The number of nitrogens with one attached hydrogen (secondary N) is 2. The molecule has 104 valence electrons. The Hall–Kier alpha value is -0.980. The molecular weight excluding hydrogens is 262 g/mol. The van der Waals surface area contributed by atoms with Gasteiger partial charge in [0.25, 0.3) is 0 Å². The molecule has 1 amide bonds. The van der Waals surface area contributed by atoms with Gasteiger partial charge in [-0.25, -0.2) is 4.98 Å². The zero-order valence-corrected chi connectivity index (χ0v) is 11.7. The highest BCUT2D eigenvalue weighted by atomic mass is 32.1. The minimum Gasteiger partial charge on any atom is -0.378 e. The van der Waals surface area contributed by atoms with Crippen LogP contribution in [-0.2, 0) is 22.4 Å². The van der Waals surface area contributed by atoms with Crippen molar-refractivity contribution in [2.75, 3.05) is 25.1 Å². The first-order valence-corrected chi connectivity index (χ1v) is 7.75. The number of hydrogen-bond donors (Lipinski definition) is 2. The minimum absolute atomic E-state index is 0.0383. The van der Waals surface area contributed by atoms with E-state index in [0.29, 0.717) is 13.2 Å². The molecule has 0 bridgehead atoms. The van der Waals surface area contributed by atoms with Gasteiger partial charge in [0.2, 0.25) is 5.91 Å². The molecule has 0 saturated carbocycles. The number of anilines is 1. The first-order chi connectivity index (χ1) is 9.33. The summed E-state index contributed by atoms with van der Waals surface area (Å²) in [7, 11) is 0. The van der Waals surface area contributed by atoms with Crippen molar-refractivity contribution in [2.24, 2.45) is 0 Å². The fourth-order valence-corrected chi connectivity index (χ4v) is 3.56. The predicted molar refractivity (Wildman–Crippen MR) is 74.6 cm³/mol. The zero-order chi connectivity index (χ0) is 13.1. The van der Waals surface area contributed by atoms with E-state index in [9.17, 15) is 4.79 Å². The Labute approximate surface area is 116 Å². The molecule has 1 aromatic rings. The van der Waals surface area contributed by atoms with Crippen LogP contribution in [0.5, 0.6) is 0 Å². The van der Waals surface area contributed by atoms with Crippen LogP contribution in [0.2, 0.25) is 0 Å². The molecule has 0 radical (unpaired) electrons. The van der Waals surface area contributed by atoms with Crippen molar-refractivity contribution in [1.82, 2.24) is 10.3 Å². The third-order valence-corrected chi connectivity index (χ3v) is 4.64. The monoisotopic (exact) mass is 281 g/mol. The lowest BCUT2D eigenvalue weighted by Gasteiger charge is -2.22.